The zero-order valence-electron chi connectivity index (χ0n) is 11.5. The number of alkyl halides is 4. The Bertz CT molecular complexity index is 678. The summed E-state index contributed by atoms with van der Waals surface area (Å²) in [6, 6.07) is 4.15. The summed E-state index contributed by atoms with van der Waals surface area (Å²) >= 11 is 1.06. The van der Waals surface area contributed by atoms with Crippen LogP contribution in [0.25, 0.3) is 10.6 Å². The van der Waals surface area contributed by atoms with E-state index in [1.165, 1.54) is 6.07 Å². The van der Waals surface area contributed by atoms with Gasteiger partial charge in [0, 0.05) is 13.1 Å². The summed E-state index contributed by atoms with van der Waals surface area (Å²) in [5, 5.41) is 3.87. The molecule has 0 bridgehead atoms. The summed E-state index contributed by atoms with van der Waals surface area (Å²) in [5.41, 5.74) is -0.434. The van der Waals surface area contributed by atoms with Crippen LogP contribution in [-0.2, 0) is 12.5 Å². The minimum atomic E-state index is -3.30. The normalized spacial score (nSPS) is 12.6. The Morgan fingerprint density at radius 1 is 1.36 bits per heavy atom. The van der Waals surface area contributed by atoms with Gasteiger partial charge in [0.1, 0.15) is 17.9 Å². The molecule has 0 saturated heterocycles. The molecule has 0 spiro atoms. The second-order valence-corrected chi connectivity index (χ2v) is 6.36. The zero-order valence-corrected chi connectivity index (χ0v) is 13.5. The molecule has 2 aromatic rings. The van der Waals surface area contributed by atoms with Gasteiger partial charge in [0.15, 0.2) is 6.29 Å². The lowest BCUT2D eigenvalue weighted by Crippen LogP contribution is -2.29. The molecule has 0 fully saturated rings. The first-order valence-corrected chi connectivity index (χ1v) is 7.89. The molecule has 120 valence electrons. The quantitative estimate of drug-likeness (QED) is 0.447. The summed E-state index contributed by atoms with van der Waals surface area (Å²) in [6.45, 7) is -0.296. The Balaban J connectivity index is 2.46. The summed E-state index contributed by atoms with van der Waals surface area (Å²) in [5.74, 6) is -6.45. The first-order chi connectivity index (χ1) is 10.2. The number of hydrogen-bond donors (Lipinski definition) is 0. The predicted octanol–water partition coefficient (Wildman–Crippen LogP) is 4.05. The Morgan fingerprint density at radius 3 is 2.55 bits per heavy atom. The highest BCUT2D eigenvalue weighted by Gasteiger charge is 2.35. The monoisotopic (exact) mass is 352 g/mol. The van der Waals surface area contributed by atoms with Gasteiger partial charge in [0.25, 0.3) is 11.8 Å². The van der Waals surface area contributed by atoms with E-state index in [1.807, 2.05) is 9.24 Å². The SMILES string of the molecule is CC(F)(F)c1cc(-c2ccc(C=O)s2)nn1CC(F)(F)CP. The number of rotatable bonds is 6. The van der Waals surface area contributed by atoms with E-state index in [2.05, 4.69) is 5.10 Å². The van der Waals surface area contributed by atoms with Gasteiger partial charge in [-0.15, -0.1) is 20.6 Å². The zero-order chi connectivity index (χ0) is 16.5. The van der Waals surface area contributed by atoms with Crippen LogP contribution in [0.5, 0.6) is 0 Å². The molecule has 1 atom stereocenters. The topological polar surface area (TPSA) is 34.9 Å². The molecular formula is C13H13F4N2OPS. The van der Waals surface area contributed by atoms with E-state index in [0.29, 0.717) is 27.6 Å². The fourth-order valence-corrected chi connectivity index (χ4v) is 2.76. The van der Waals surface area contributed by atoms with Crippen molar-refractivity contribution in [2.75, 3.05) is 6.16 Å². The summed E-state index contributed by atoms with van der Waals surface area (Å²) < 4.78 is 54.9. The maximum absolute atomic E-state index is 13.6. The van der Waals surface area contributed by atoms with E-state index in [-0.39, 0.29) is 5.69 Å². The molecule has 0 aliphatic carbocycles. The van der Waals surface area contributed by atoms with Gasteiger partial charge in [-0.2, -0.15) is 13.9 Å². The largest absolute Gasteiger partial charge is 0.297 e. The minimum Gasteiger partial charge on any atom is -0.297 e. The highest BCUT2D eigenvalue weighted by Crippen LogP contribution is 2.34. The second kappa shape index (κ2) is 6.08. The molecule has 0 aliphatic heterocycles. The lowest BCUT2D eigenvalue weighted by Gasteiger charge is -2.18. The van der Waals surface area contributed by atoms with E-state index >= 15 is 0 Å². The van der Waals surface area contributed by atoms with Crippen LogP contribution in [-0.4, -0.2) is 28.2 Å². The third-order valence-corrected chi connectivity index (χ3v) is 4.54. The van der Waals surface area contributed by atoms with E-state index in [4.69, 9.17) is 0 Å². The fraction of sp³-hybridized carbons (Fsp3) is 0.385. The average molecular weight is 352 g/mol. The van der Waals surface area contributed by atoms with Crippen molar-refractivity contribution in [2.45, 2.75) is 25.3 Å². The van der Waals surface area contributed by atoms with Crippen LogP contribution in [0.4, 0.5) is 17.6 Å². The molecule has 1 unspecified atom stereocenters. The van der Waals surface area contributed by atoms with Crippen molar-refractivity contribution in [1.29, 1.82) is 0 Å². The third-order valence-electron chi connectivity index (χ3n) is 2.90. The Labute approximate surface area is 130 Å². The molecule has 2 heterocycles. The van der Waals surface area contributed by atoms with Crippen LogP contribution in [0.15, 0.2) is 18.2 Å². The average Bonchev–Trinajstić information content (AvgIpc) is 3.03. The molecule has 2 rings (SSSR count). The van der Waals surface area contributed by atoms with Crippen molar-refractivity contribution in [3.8, 4) is 10.6 Å². The van der Waals surface area contributed by atoms with Crippen molar-refractivity contribution >= 4 is 26.9 Å². The lowest BCUT2D eigenvalue weighted by molar-refractivity contribution is -0.0161. The molecule has 0 aliphatic rings. The standard InChI is InChI=1S/C13H13F4N2OPS/c1-12(14,15)11-4-9(10-3-2-8(5-20)22-10)18-19(11)6-13(16,17)7-21/h2-5H,6-7,21H2,1H3. The number of carbonyl (C=O) groups is 1. The summed E-state index contributed by atoms with van der Waals surface area (Å²) in [6.07, 6.45) is 0.0775. The maximum atomic E-state index is 13.6. The number of aldehydes is 1. The van der Waals surface area contributed by atoms with Gasteiger partial charge < -0.3 is 0 Å². The number of carbonyl (C=O) groups excluding carboxylic acids is 1. The van der Waals surface area contributed by atoms with Gasteiger partial charge in [-0.25, -0.2) is 8.78 Å². The van der Waals surface area contributed by atoms with Crippen molar-refractivity contribution in [1.82, 2.24) is 9.78 Å². The molecule has 3 nitrogen and oxygen atoms in total. The number of nitrogens with zero attached hydrogens (tertiary/aromatic N) is 2. The number of aromatic nitrogens is 2. The van der Waals surface area contributed by atoms with Crippen molar-refractivity contribution < 1.29 is 22.4 Å². The van der Waals surface area contributed by atoms with Gasteiger partial charge in [0.05, 0.1) is 9.75 Å². The Kier molecular flexibility index (Phi) is 4.73. The van der Waals surface area contributed by atoms with Crippen molar-refractivity contribution in [3.05, 3.63) is 28.8 Å². The molecule has 9 heteroatoms. The first-order valence-electron chi connectivity index (χ1n) is 6.26. The van der Waals surface area contributed by atoms with Crippen molar-refractivity contribution in [2.24, 2.45) is 0 Å². The van der Waals surface area contributed by atoms with E-state index in [1.54, 1.807) is 6.07 Å². The van der Waals surface area contributed by atoms with Crippen LogP contribution in [0, 0.1) is 0 Å². The smallest absolute Gasteiger partial charge is 0.286 e. The summed E-state index contributed by atoms with van der Waals surface area (Å²) in [7, 11) is 1.89. The van der Waals surface area contributed by atoms with E-state index in [9.17, 15) is 22.4 Å². The maximum Gasteiger partial charge on any atom is 0.286 e. The number of thiophene rings is 1. The lowest BCUT2D eigenvalue weighted by atomic mass is 10.2. The van der Waals surface area contributed by atoms with E-state index < -0.39 is 30.2 Å². The van der Waals surface area contributed by atoms with Crippen LogP contribution < -0.4 is 0 Å². The number of hydrogen-bond acceptors (Lipinski definition) is 3. The first kappa shape index (κ1) is 17.1. The molecule has 2 aromatic heterocycles. The number of halogens is 4. The third kappa shape index (κ3) is 3.73. The van der Waals surface area contributed by atoms with Crippen LogP contribution in [0.2, 0.25) is 0 Å². The van der Waals surface area contributed by atoms with Gasteiger partial charge >= 0.3 is 0 Å². The van der Waals surface area contributed by atoms with Gasteiger partial charge in [0.2, 0.25) is 0 Å². The molecule has 22 heavy (non-hydrogen) atoms. The van der Waals surface area contributed by atoms with Crippen LogP contribution in [0.1, 0.15) is 22.3 Å². The highest BCUT2D eigenvalue weighted by atomic mass is 32.1. The highest BCUT2D eigenvalue weighted by molar-refractivity contribution is 7.17. The van der Waals surface area contributed by atoms with Gasteiger partial charge in [-0.05, 0) is 18.2 Å². The van der Waals surface area contributed by atoms with Gasteiger partial charge in [-0.3, -0.25) is 9.48 Å². The van der Waals surface area contributed by atoms with Crippen molar-refractivity contribution in [3.63, 3.8) is 0 Å². The fourth-order valence-electron chi connectivity index (χ4n) is 1.85. The van der Waals surface area contributed by atoms with Crippen LogP contribution in [0.3, 0.4) is 0 Å². The molecule has 0 aromatic carbocycles. The molecule has 0 amide bonds. The predicted molar refractivity (Wildman–Crippen MR) is 80.0 cm³/mol. The van der Waals surface area contributed by atoms with Gasteiger partial charge in [-0.1, -0.05) is 0 Å². The minimum absolute atomic E-state index is 0.147. The molecule has 0 saturated carbocycles. The molecule has 0 radical (unpaired) electrons. The molecule has 0 N–H and O–H groups in total. The summed E-state index contributed by atoms with van der Waals surface area (Å²) in [4.78, 5) is 11.6. The molecular weight excluding hydrogens is 339 g/mol. The van der Waals surface area contributed by atoms with E-state index in [0.717, 1.165) is 17.4 Å². The second-order valence-electron chi connectivity index (χ2n) is 4.84. The Hall–Kier alpha value is -1.27. The Morgan fingerprint density at radius 2 is 2.05 bits per heavy atom. The van der Waals surface area contributed by atoms with Crippen LogP contribution >= 0.6 is 20.6 Å².